The van der Waals surface area contributed by atoms with E-state index in [9.17, 15) is 27.6 Å². The first-order valence-corrected chi connectivity index (χ1v) is 23.6. The zero-order valence-electron chi connectivity index (χ0n) is 36.6. The third kappa shape index (κ3) is 7.37. The van der Waals surface area contributed by atoms with Gasteiger partial charge in [0.25, 0.3) is 5.91 Å². The molecule has 3 aliphatic carbocycles. The van der Waals surface area contributed by atoms with Crippen LogP contribution < -0.4 is 20.7 Å². The van der Waals surface area contributed by atoms with Gasteiger partial charge in [-0.25, -0.2) is 4.72 Å². The van der Waals surface area contributed by atoms with E-state index in [0.717, 1.165) is 38.6 Å². The Bertz CT molecular complexity index is 1990. The van der Waals surface area contributed by atoms with Gasteiger partial charge in [-0.15, -0.1) is 6.58 Å². The first kappa shape index (κ1) is 44.2. The third-order valence-electron chi connectivity index (χ3n) is 15.7. The summed E-state index contributed by atoms with van der Waals surface area (Å²) in [6.45, 7) is 19.7. The van der Waals surface area contributed by atoms with Crippen LogP contribution >= 0.6 is 0 Å². The van der Waals surface area contributed by atoms with Crippen molar-refractivity contribution >= 4 is 39.7 Å². The number of fused-ring (bicyclic) bond motifs is 1. The molecule has 0 radical (unpaired) electrons. The number of rotatable bonds is 13. The lowest BCUT2D eigenvalue weighted by molar-refractivity contribution is -0.145. The Hall–Kier alpha value is -3.82. The van der Waals surface area contributed by atoms with Crippen LogP contribution in [-0.4, -0.2) is 108 Å². The van der Waals surface area contributed by atoms with Crippen molar-refractivity contribution in [2.24, 2.45) is 27.6 Å². The van der Waals surface area contributed by atoms with E-state index >= 15 is 4.79 Å². The molecule has 3 aliphatic heterocycles. The van der Waals surface area contributed by atoms with Gasteiger partial charge in [-0.05, 0) is 93.6 Å². The lowest BCUT2D eigenvalue weighted by atomic mass is 9.73. The zero-order chi connectivity index (χ0) is 43.6. The molecule has 6 fully saturated rings. The highest BCUT2D eigenvalue weighted by Gasteiger charge is 2.85. The highest BCUT2D eigenvalue weighted by atomic mass is 32.2. The standard InChI is InChI=1S/C45H67N7O7S/c1-9-31-26-45(31,40(57)49-60(58,59)50-23-15-16-24-50)48-37(54)33-27-44(42(7,8)43(44)21-17-22-43)28-52(33)39(56)35(41(4,5)6)47-38(55)34(30-18-11-10-12-19-30)46-36(53)32-20-13-14-25-51(32)29(2)3/h9-12,18-19,29,31-35H,1,13-17,20-28H2,2-8H3,(H,46,53)(H,47,55)(H,48,54)(H,49,57)/t31-,32+,33+,34+,35-,44-,45-/m1/s1. The van der Waals surface area contributed by atoms with Gasteiger partial charge in [0, 0.05) is 37.0 Å². The van der Waals surface area contributed by atoms with E-state index in [1.54, 1.807) is 35.2 Å². The van der Waals surface area contributed by atoms with Gasteiger partial charge >= 0.3 is 10.2 Å². The van der Waals surface area contributed by atoms with Crippen LogP contribution in [0.5, 0.6) is 0 Å². The molecule has 14 nitrogen and oxygen atoms in total. The van der Waals surface area contributed by atoms with Crippen LogP contribution in [0.25, 0.3) is 0 Å². The molecule has 7 rings (SSSR count). The van der Waals surface area contributed by atoms with Crippen LogP contribution in [0.2, 0.25) is 0 Å². The normalized spacial score (nSPS) is 30.6. The molecular formula is C45H67N7O7S. The fraction of sp³-hybridized carbons (Fsp3) is 0.711. The van der Waals surface area contributed by atoms with Gasteiger partial charge in [-0.3, -0.25) is 28.9 Å². The molecule has 0 unspecified atom stereocenters. The van der Waals surface area contributed by atoms with E-state index in [0.29, 0.717) is 50.9 Å². The predicted molar refractivity (Wildman–Crippen MR) is 228 cm³/mol. The molecule has 2 spiro atoms. The number of benzene rings is 1. The van der Waals surface area contributed by atoms with Gasteiger partial charge in [0.1, 0.15) is 23.7 Å². The molecule has 7 atom stereocenters. The Labute approximate surface area is 356 Å². The minimum atomic E-state index is -4.12. The number of hydrogen-bond donors (Lipinski definition) is 4. The molecule has 0 bridgehead atoms. The number of piperidine rings is 1. The van der Waals surface area contributed by atoms with Crippen LogP contribution in [-0.2, 0) is 34.2 Å². The molecule has 4 N–H and O–H groups in total. The second-order valence-corrected chi connectivity index (χ2v) is 22.1. The molecule has 3 saturated heterocycles. The first-order valence-electron chi connectivity index (χ1n) is 22.2. The van der Waals surface area contributed by atoms with Crippen molar-refractivity contribution < 1.29 is 32.4 Å². The van der Waals surface area contributed by atoms with E-state index < -0.39 is 74.9 Å². The van der Waals surface area contributed by atoms with Crippen molar-refractivity contribution in [2.45, 2.75) is 148 Å². The Kier molecular flexibility index (Phi) is 11.7. The number of carbonyl (C=O) groups excluding carboxylic acids is 5. The van der Waals surface area contributed by atoms with Crippen LogP contribution in [0.3, 0.4) is 0 Å². The average molecular weight is 850 g/mol. The van der Waals surface area contributed by atoms with Crippen LogP contribution in [0.1, 0.15) is 124 Å². The summed E-state index contributed by atoms with van der Waals surface area (Å²) in [4.78, 5) is 76.3. The SMILES string of the molecule is C=C[C@@H]1C[C@]1(NC(=O)[C@@H]1C[C@@]2(CN1C(=O)[C@@H](NC(=O)[C@@H](NC(=O)[C@@H]1CCCCN1C(C)C)c1ccccc1)C(C)(C)C)C(C)(C)C21CCC1)C(=O)NS(=O)(=O)N1CCCC1. The summed E-state index contributed by atoms with van der Waals surface area (Å²) in [7, 11) is -4.12. The maximum absolute atomic E-state index is 15.3. The van der Waals surface area contributed by atoms with Gasteiger partial charge in [-0.1, -0.05) is 83.9 Å². The molecule has 1 aromatic carbocycles. The highest BCUT2D eigenvalue weighted by molar-refractivity contribution is 7.87. The monoisotopic (exact) mass is 849 g/mol. The number of likely N-dealkylation sites (tertiary alicyclic amines) is 2. The Balaban J connectivity index is 1.16. The number of nitrogens with zero attached hydrogens (tertiary/aromatic N) is 3. The van der Waals surface area contributed by atoms with E-state index in [-0.39, 0.29) is 34.6 Å². The maximum atomic E-state index is 15.3. The van der Waals surface area contributed by atoms with Crippen LogP contribution in [0, 0.1) is 27.6 Å². The molecule has 60 heavy (non-hydrogen) atoms. The van der Waals surface area contributed by atoms with Crippen LogP contribution in [0.4, 0.5) is 0 Å². The summed E-state index contributed by atoms with van der Waals surface area (Å²) >= 11 is 0. The van der Waals surface area contributed by atoms with Crippen molar-refractivity contribution in [1.29, 1.82) is 0 Å². The quantitative estimate of drug-likeness (QED) is 0.216. The topological polar surface area (TPSA) is 177 Å². The minimum Gasteiger partial charge on any atom is -0.342 e. The second-order valence-electron chi connectivity index (χ2n) is 20.4. The summed E-state index contributed by atoms with van der Waals surface area (Å²) in [5.41, 5.74) is -2.35. The van der Waals surface area contributed by atoms with Crippen molar-refractivity contribution in [3.05, 3.63) is 48.6 Å². The van der Waals surface area contributed by atoms with Crippen molar-refractivity contribution in [3.8, 4) is 0 Å². The van der Waals surface area contributed by atoms with Gasteiger partial charge in [0.2, 0.25) is 23.6 Å². The number of amides is 5. The molecule has 330 valence electrons. The molecule has 3 heterocycles. The Morgan fingerprint density at radius 2 is 1.50 bits per heavy atom. The summed E-state index contributed by atoms with van der Waals surface area (Å²) in [5, 5.41) is 9.06. The van der Waals surface area contributed by atoms with Crippen molar-refractivity contribution in [3.63, 3.8) is 0 Å². The van der Waals surface area contributed by atoms with E-state index in [1.165, 1.54) is 4.31 Å². The van der Waals surface area contributed by atoms with Crippen LogP contribution in [0.15, 0.2) is 43.0 Å². The van der Waals surface area contributed by atoms with Crippen molar-refractivity contribution in [2.75, 3.05) is 26.2 Å². The largest absolute Gasteiger partial charge is 0.342 e. The summed E-state index contributed by atoms with van der Waals surface area (Å²) in [5.74, 6) is -3.06. The molecule has 6 aliphatic rings. The van der Waals surface area contributed by atoms with Gasteiger partial charge < -0.3 is 20.9 Å². The van der Waals surface area contributed by atoms with E-state index in [1.807, 2.05) is 26.8 Å². The third-order valence-corrected chi connectivity index (χ3v) is 17.2. The van der Waals surface area contributed by atoms with Gasteiger partial charge in [-0.2, -0.15) is 12.7 Å². The van der Waals surface area contributed by atoms with Gasteiger partial charge in [0.15, 0.2) is 0 Å². The predicted octanol–water partition coefficient (Wildman–Crippen LogP) is 3.95. The first-order chi connectivity index (χ1) is 28.2. The Morgan fingerprint density at radius 1 is 0.850 bits per heavy atom. The number of nitrogens with one attached hydrogen (secondary N) is 4. The summed E-state index contributed by atoms with van der Waals surface area (Å²) in [6.07, 6.45) is 9.13. The van der Waals surface area contributed by atoms with Crippen molar-refractivity contribution in [1.82, 2.24) is 34.8 Å². The lowest BCUT2D eigenvalue weighted by Crippen LogP contribution is -2.61. The number of carbonyl (C=O) groups is 5. The molecule has 3 saturated carbocycles. The molecule has 15 heteroatoms. The van der Waals surface area contributed by atoms with E-state index in [2.05, 4.69) is 59.8 Å². The summed E-state index contributed by atoms with van der Waals surface area (Å²) < 4.78 is 29.9. The van der Waals surface area contributed by atoms with Gasteiger partial charge in [0.05, 0.1) is 6.04 Å². The summed E-state index contributed by atoms with van der Waals surface area (Å²) in [6, 6.07) is 5.61. The molecule has 5 amide bonds. The minimum absolute atomic E-state index is 0.0399. The lowest BCUT2D eigenvalue weighted by Gasteiger charge is -2.39. The zero-order valence-corrected chi connectivity index (χ0v) is 37.5. The maximum Gasteiger partial charge on any atom is 0.303 e. The molecule has 1 aromatic rings. The second kappa shape index (κ2) is 15.8. The fourth-order valence-corrected chi connectivity index (χ4v) is 13.0. The smallest absolute Gasteiger partial charge is 0.303 e. The van der Waals surface area contributed by atoms with E-state index in [4.69, 9.17) is 0 Å². The fourth-order valence-electron chi connectivity index (χ4n) is 11.7. The highest BCUT2D eigenvalue weighted by Crippen LogP contribution is 2.88. The number of hydrogen-bond acceptors (Lipinski definition) is 8. The Morgan fingerprint density at radius 3 is 2.05 bits per heavy atom. The average Bonchev–Trinajstić information content (AvgIpc) is 3.63. The molecule has 0 aromatic heterocycles. The molecular weight excluding hydrogens is 783 g/mol.